The van der Waals surface area contributed by atoms with Crippen molar-refractivity contribution in [3.05, 3.63) is 102 Å². The Morgan fingerprint density at radius 1 is 0.583 bits per heavy atom. The van der Waals surface area contributed by atoms with Crippen LogP contribution in [0.3, 0.4) is 0 Å². The summed E-state index contributed by atoms with van der Waals surface area (Å²) in [6.45, 7) is 4.51. The fraction of sp³-hybridized carbons (Fsp3) is 0.438. The van der Waals surface area contributed by atoms with E-state index in [1.54, 1.807) is 0 Å². The molecule has 3 aromatic rings. The van der Waals surface area contributed by atoms with Crippen molar-refractivity contribution in [1.29, 1.82) is 0 Å². The van der Waals surface area contributed by atoms with Crippen LogP contribution in [0, 0.1) is 0 Å². The van der Waals surface area contributed by atoms with Crippen LogP contribution < -0.4 is 0 Å². The summed E-state index contributed by atoms with van der Waals surface area (Å²) in [5.41, 5.74) is 3.98. The molecular formula is C32H41O3S-. The van der Waals surface area contributed by atoms with Gasteiger partial charge in [-0.25, -0.2) is 8.42 Å². The number of benzene rings is 3. The molecule has 0 aliphatic rings. The summed E-state index contributed by atoms with van der Waals surface area (Å²) in [4.78, 5) is -0.146. The Kier molecular flexibility index (Phi) is 11.2. The summed E-state index contributed by atoms with van der Waals surface area (Å²) >= 11 is 0. The third kappa shape index (κ3) is 8.60. The highest BCUT2D eigenvalue weighted by Crippen LogP contribution is 2.34. The van der Waals surface area contributed by atoms with E-state index in [0.29, 0.717) is 17.8 Å². The Labute approximate surface area is 218 Å². The van der Waals surface area contributed by atoms with Crippen LogP contribution in [-0.2, 0) is 10.1 Å². The summed E-state index contributed by atoms with van der Waals surface area (Å²) in [7, 11) is -4.42. The second-order valence-electron chi connectivity index (χ2n) is 9.99. The molecule has 0 N–H and O–H groups in total. The lowest BCUT2D eigenvalue weighted by molar-refractivity contribution is 0.458. The van der Waals surface area contributed by atoms with Crippen LogP contribution in [0.4, 0.5) is 0 Å². The molecule has 0 fully saturated rings. The summed E-state index contributed by atoms with van der Waals surface area (Å²) in [5, 5.41) is 0. The maximum atomic E-state index is 11.4. The van der Waals surface area contributed by atoms with Gasteiger partial charge in [0.25, 0.3) is 0 Å². The largest absolute Gasteiger partial charge is 0.744 e. The van der Waals surface area contributed by atoms with Gasteiger partial charge in [0.05, 0.1) is 4.90 Å². The summed E-state index contributed by atoms with van der Waals surface area (Å²) in [6.07, 6.45) is 10.2. The molecule has 0 spiro atoms. The van der Waals surface area contributed by atoms with E-state index in [0.717, 1.165) is 50.5 Å². The second kappa shape index (κ2) is 14.3. The van der Waals surface area contributed by atoms with Crippen molar-refractivity contribution in [3.63, 3.8) is 0 Å². The zero-order valence-electron chi connectivity index (χ0n) is 21.8. The summed E-state index contributed by atoms with van der Waals surface area (Å²) in [6, 6.07) is 28.2. The van der Waals surface area contributed by atoms with Gasteiger partial charge in [-0.15, -0.1) is 0 Å². The van der Waals surface area contributed by atoms with E-state index in [1.807, 2.05) is 12.1 Å². The first-order chi connectivity index (χ1) is 17.4. The lowest BCUT2D eigenvalue weighted by atomic mass is 9.83. The number of rotatable bonds is 15. The van der Waals surface area contributed by atoms with Crippen LogP contribution in [0.25, 0.3) is 0 Å². The minimum Gasteiger partial charge on any atom is -0.744 e. The van der Waals surface area contributed by atoms with E-state index in [4.69, 9.17) is 0 Å². The van der Waals surface area contributed by atoms with Crippen molar-refractivity contribution >= 4 is 10.1 Å². The van der Waals surface area contributed by atoms with E-state index in [9.17, 15) is 13.0 Å². The molecule has 3 rings (SSSR count). The predicted octanol–water partition coefficient (Wildman–Crippen LogP) is 8.79. The number of hydrogen-bond donors (Lipinski definition) is 0. The first kappa shape index (κ1) is 28.1. The molecule has 0 radical (unpaired) electrons. The third-order valence-electron chi connectivity index (χ3n) is 7.52. The molecule has 0 saturated heterocycles. The van der Waals surface area contributed by atoms with Crippen LogP contribution >= 0.6 is 0 Å². The third-order valence-corrected chi connectivity index (χ3v) is 8.37. The van der Waals surface area contributed by atoms with Crippen LogP contribution in [-0.4, -0.2) is 13.0 Å². The van der Waals surface area contributed by atoms with Gasteiger partial charge in [-0.3, -0.25) is 0 Å². The second-order valence-corrected chi connectivity index (χ2v) is 11.4. The maximum absolute atomic E-state index is 11.4. The van der Waals surface area contributed by atoms with Gasteiger partial charge in [0.2, 0.25) is 0 Å². The quantitative estimate of drug-likeness (QED) is 0.194. The van der Waals surface area contributed by atoms with E-state index in [2.05, 4.69) is 74.5 Å². The Hall–Kier alpha value is -2.43. The lowest BCUT2D eigenvalue weighted by Gasteiger charge is -2.22. The topological polar surface area (TPSA) is 57.2 Å². The molecule has 4 heteroatoms. The molecule has 0 aliphatic heterocycles. The minimum absolute atomic E-state index is 0.146. The number of hydrogen-bond acceptors (Lipinski definition) is 3. The molecule has 0 aliphatic carbocycles. The van der Waals surface area contributed by atoms with Crippen LogP contribution in [0.15, 0.2) is 89.8 Å². The Bertz CT molecular complexity index is 1110. The fourth-order valence-corrected chi connectivity index (χ4v) is 5.96. The van der Waals surface area contributed by atoms with Gasteiger partial charge < -0.3 is 4.55 Å². The van der Waals surface area contributed by atoms with Gasteiger partial charge in [0.1, 0.15) is 10.1 Å². The van der Waals surface area contributed by atoms with Gasteiger partial charge in [0, 0.05) is 0 Å². The zero-order valence-corrected chi connectivity index (χ0v) is 22.6. The smallest absolute Gasteiger partial charge is 0.124 e. The van der Waals surface area contributed by atoms with Crippen molar-refractivity contribution in [2.24, 2.45) is 0 Å². The molecular weight excluding hydrogens is 464 g/mol. The molecule has 3 unspecified atom stereocenters. The molecule has 3 nitrogen and oxygen atoms in total. The lowest BCUT2D eigenvalue weighted by Crippen LogP contribution is -2.05. The highest BCUT2D eigenvalue weighted by Gasteiger charge is 2.17. The molecule has 0 saturated carbocycles. The average molecular weight is 506 g/mol. The maximum Gasteiger partial charge on any atom is 0.124 e. The first-order valence-electron chi connectivity index (χ1n) is 13.6. The molecule has 0 amide bonds. The molecule has 36 heavy (non-hydrogen) atoms. The van der Waals surface area contributed by atoms with E-state index >= 15 is 0 Å². The highest BCUT2D eigenvalue weighted by atomic mass is 32.2. The first-order valence-corrected chi connectivity index (χ1v) is 15.0. The van der Waals surface area contributed by atoms with Crippen LogP contribution in [0.2, 0.25) is 0 Å². The van der Waals surface area contributed by atoms with Gasteiger partial charge in [-0.05, 0) is 85.1 Å². The predicted molar refractivity (Wildman–Crippen MR) is 148 cm³/mol. The van der Waals surface area contributed by atoms with Crippen molar-refractivity contribution < 1.29 is 13.0 Å². The van der Waals surface area contributed by atoms with Crippen LogP contribution in [0.5, 0.6) is 0 Å². The molecule has 0 bridgehead atoms. The Balaban J connectivity index is 1.67. The normalized spacial score (nSPS) is 14.3. The summed E-state index contributed by atoms with van der Waals surface area (Å²) in [5.74, 6) is 1.50. The van der Waals surface area contributed by atoms with E-state index in [-0.39, 0.29) is 4.90 Å². The van der Waals surface area contributed by atoms with Gasteiger partial charge >= 0.3 is 0 Å². The van der Waals surface area contributed by atoms with Gasteiger partial charge in [0.15, 0.2) is 0 Å². The average Bonchev–Trinajstić information content (AvgIpc) is 2.90. The molecule has 3 atom stereocenters. The van der Waals surface area contributed by atoms with Crippen molar-refractivity contribution in [2.75, 3.05) is 0 Å². The SMILES string of the molecule is CCCC(CCCC(CCCC(CC)c1ccccc1)c1ccc(S(=O)(=O)[O-])cc1)c1ccccc1. The van der Waals surface area contributed by atoms with E-state index in [1.165, 1.54) is 36.1 Å². The Morgan fingerprint density at radius 2 is 1.00 bits per heavy atom. The van der Waals surface area contributed by atoms with Crippen LogP contribution in [0.1, 0.15) is 106 Å². The van der Waals surface area contributed by atoms with Gasteiger partial charge in [-0.2, -0.15) is 0 Å². The van der Waals surface area contributed by atoms with Gasteiger partial charge in [-0.1, -0.05) is 106 Å². The standard InChI is InChI=1S/C32H42O3S/c1-3-13-27(29-16-9-6-10-17-29)19-12-21-30(31-22-24-32(25-23-31)36(33,34)35)20-11-18-26(4-2)28-14-7-5-8-15-28/h5-10,14-17,22-27,30H,3-4,11-13,18-21H2,1-2H3,(H,33,34,35)/p-1. The highest BCUT2D eigenvalue weighted by molar-refractivity contribution is 7.85. The molecule has 194 valence electrons. The van der Waals surface area contributed by atoms with Crippen molar-refractivity contribution in [1.82, 2.24) is 0 Å². The monoisotopic (exact) mass is 505 g/mol. The Morgan fingerprint density at radius 3 is 1.44 bits per heavy atom. The summed E-state index contributed by atoms with van der Waals surface area (Å²) < 4.78 is 34.2. The molecule has 3 aromatic carbocycles. The minimum atomic E-state index is -4.42. The zero-order chi connectivity index (χ0) is 25.8. The van der Waals surface area contributed by atoms with Crippen molar-refractivity contribution in [2.45, 2.75) is 94.3 Å². The van der Waals surface area contributed by atoms with E-state index < -0.39 is 10.1 Å². The molecule has 0 aromatic heterocycles. The molecule has 0 heterocycles. The van der Waals surface area contributed by atoms with Crippen molar-refractivity contribution in [3.8, 4) is 0 Å². The fourth-order valence-electron chi connectivity index (χ4n) is 5.49.